The van der Waals surface area contributed by atoms with Crippen molar-refractivity contribution in [2.75, 3.05) is 18.9 Å². The average molecular weight is 273 g/mol. The Balaban J connectivity index is 2.70. The summed E-state index contributed by atoms with van der Waals surface area (Å²) in [6.45, 7) is 4.51. The quantitative estimate of drug-likeness (QED) is 0.578. The second-order valence-electron chi connectivity index (χ2n) is 3.77. The molecule has 1 rings (SSSR count). The number of hydrogen-bond donors (Lipinski definition) is 1. The number of phosphoric ester groups is 1. The summed E-state index contributed by atoms with van der Waals surface area (Å²) in [6.07, 6.45) is 1.48. The molecule has 0 saturated heterocycles. The Hall–Kier alpha value is -1.03. The number of benzene rings is 1. The van der Waals surface area contributed by atoms with Crippen LogP contribution in [0.3, 0.4) is 0 Å². The zero-order chi connectivity index (χ0) is 13.4. The van der Waals surface area contributed by atoms with Crippen LogP contribution in [0, 0.1) is 0 Å². The van der Waals surface area contributed by atoms with E-state index in [1.54, 1.807) is 24.3 Å². The van der Waals surface area contributed by atoms with Gasteiger partial charge in [0.15, 0.2) is 0 Å². The van der Waals surface area contributed by atoms with E-state index in [2.05, 4.69) is 0 Å². The molecule has 0 aliphatic heterocycles. The van der Waals surface area contributed by atoms with Crippen molar-refractivity contribution in [3.63, 3.8) is 0 Å². The van der Waals surface area contributed by atoms with Gasteiger partial charge in [-0.2, -0.15) is 0 Å². The predicted octanol–water partition coefficient (Wildman–Crippen LogP) is 3.61. The number of hydrogen-bond acceptors (Lipinski definition) is 5. The first-order chi connectivity index (χ1) is 8.59. The molecule has 0 aliphatic carbocycles. The van der Waals surface area contributed by atoms with Gasteiger partial charge >= 0.3 is 7.82 Å². The second kappa shape index (κ2) is 7.41. The van der Waals surface area contributed by atoms with Crippen LogP contribution in [0.25, 0.3) is 0 Å². The molecule has 2 N–H and O–H groups in total. The molecule has 0 saturated carbocycles. The van der Waals surface area contributed by atoms with Crippen molar-refractivity contribution in [2.24, 2.45) is 0 Å². The summed E-state index contributed by atoms with van der Waals surface area (Å²) >= 11 is 0. The van der Waals surface area contributed by atoms with Gasteiger partial charge in [0.25, 0.3) is 0 Å². The lowest BCUT2D eigenvalue weighted by molar-refractivity contribution is 0.155. The van der Waals surface area contributed by atoms with E-state index in [0.29, 0.717) is 24.7 Å². The summed E-state index contributed by atoms with van der Waals surface area (Å²) in [7, 11) is -3.53. The third kappa shape index (κ3) is 5.08. The average Bonchev–Trinajstić information content (AvgIpc) is 2.37. The third-order valence-electron chi connectivity index (χ3n) is 2.00. The van der Waals surface area contributed by atoms with Crippen molar-refractivity contribution in [1.29, 1.82) is 0 Å². The van der Waals surface area contributed by atoms with E-state index in [-0.39, 0.29) is 0 Å². The summed E-state index contributed by atoms with van der Waals surface area (Å²) in [5.74, 6) is 0.416. The molecule has 0 radical (unpaired) electrons. The smallest absolute Gasteiger partial charge is 0.404 e. The molecule has 0 heterocycles. The maximum atomic E-state index is 12.3. The van der Waals surface area contributed by atoms with Crippen molar-refractivity contribution in [3.05, 3.63) is 24.3 Å². The van der Waals surface area contributed by atoms with Gasteiger partial charge in [-0.15, -0.1) is 0 Å². The molecule has 0 atom stereocenters. The summed E-state index contributed by atoms with van der Waals surface area (Å²) in [5, 5.41) is 0. The maximum Gasteiger partial charge on any atom is 0.530 e. The SMILES string of the molecule is CCCOP(=O)(OCCC)Oc1ccc(N)cc1. The molecule has 0 spiro atoms. The van der Waals surface area contributed by atoms with Crippen LogP contribution >= 0.6 is 7.82 Å². The molecule has 18 heavy (non-hydrogen) atoms. The zero-order valence-electron chi connectivity index (χ0n) is 10.8. The van der Waals surface area contributed by atoms with Crippen LogP contribution in [-0.4, -0.2) is 13.2 Å². The molecule has 0 aliphatic rings. The van der Waals surface area contributed by atoms with Crippen molar-refractivity contribution < 1.29 is 18.1 Å². The second-order valence-corrected chi connectivity index (χ2v) is 5.37. The number of nitrogen functional groups attached to an aromatic ring is 1. The lowest BCUT2D eigenvalue weighted by atomic mass is 10.3. The van der Waals surface area contributed by atoms with Gasteiger partial charge in [-0.05, 0) is 37.1 Å². The number of nitrogens with two attached hydrogens (primary N) is 1. The van der Waals surface area contributed by atoms with Crippen LogP contribution in [0.5, 0.6) is 5.75 Å². The fraction of sp³-hybridized carbons (Fsp3) is 0.500. The Morgan fingerprint density at radius 3 is 2.00 bits per heavy atom. The Kier molecular flexibility index (Phi) is 6.19. The summed E-state index contributed by atoms with van der Waals surface area (Å²) in [5.41, 5.74) is 6.18. The molecule has 0 aromatic heterocycles. The fourth-order valence-electron chi connectivity index (χ4n) is 1.15. The lowest BCUT2D eigenvalue weighted by Gasteiger charge is -2.18. The van der Waals surface area contributed by atoms with Crippen LogP contribution in [0.4, 0.5) is 5.69 Å². The van der Waals surface area contributed by atoms with Gasteiger partial charge < -0.3 is 10.3 Å². The Labute approximate surface area is 108 Å². The lowest BCUT2D eigenvalue weighted by Crippen LogP contribution is -2.04. The fourth-order valence-corrected chi connectivity index (χ4v) is 2.53. The van der Waals surface area contributed by atoms with E-state index in [9.17, 15) is 4.57 Å². The van der Waals surface area contributed by atoms with Gasteiger partial charge in [-0.25, -0.2) is 4.57 Å². The van der Waals surface area contributed by atoms with Crippen molar-refractivity contribution in [1.82, 2.24) is 0 Å². The number of anilines is 1. The third-order valence-corrected chi connectivity index (χ3v) is 3.44. The van der Waals surface area contributed by atoms with E-state index in [1.165, 1.54) is 0 Å². The first-order valence-electron chi connectivity index (χ1n) is 6.04. The predicted molar refractivity (Wildman–Crippen MR) is 71.6 cm³/mol. The minimum Gasteiger partial charge on any atom is -0.404 e. The van der Waals surface area contributed by atoms with Gasteiger partial charge in [-0.1, -0.05) is 13.8 Å². The van der Waals surface area contributed by atoms with E-state index in [1.807, 2.05) is 13.8 Å². The van der Waals surface area contributed by atoms with Crippen molar-refractivity contribution >= 4 is 13.5 Å². The highest BCUT2D eigenvalue weighted by Gasteiger charge is 2.27. The summed E-state index contributed by atoms with van der Waals surface area (Å²) in [4.78, 5) is 0. The van der Waals surface area contributed by atoms with Gasteiger partial charge in [0.05, 0.1) is 13.2 Å². The molecule has 102 valence electrons. The largest absolute Gasteiger partial charge is 0.530 e. The van der Waals surface area contributed by atoms with Crippen molar-refractivity contribution in [3.8, 4) is 5.75 Å². The molecular formula is C12H20NO4P. The Morgan fingerprint density at radius 2 is 1.56 bits per heavy atom. The Morgan fingerprint density at radius 1 is 1.06 bits per heavy atom. The molecule has 1 aromatic carbocycles. The van der Waals surface area contributed by atoms with E-state index < -0.39 is 7.82 Å². The molecule has 6 heteroatoms. The van der Waals surface area contributed by atoms with Gasteiger partial charge in [0.2, 0.25) is 0 Å². The molecule has 0 unspecified atom stereocenters. The molecule has 0 amide bonds. The first kappa shape index (κ1) is 15.0. The highest BCUT2D eigenvalue weighted by atomic mass is 31.2. The molecule has 0 bridgehead atoms. The van der Waals surface area contributed by atoms with Crippen LogP contribution in [0.15, 0.2) is 24.3 Å². The van der Waals surface area contributed by atoms with Gasteiger partial charge in [0, 0.05) is 5.69 Å². The topological polar surface area (TPSA) is 70.8 Å². The number of phosphoric acid groups is 1. The minimum absolute atomic E-state index is 0.329. The van der Waals surface area contributed by atoms with E-state index in [0.717, 1.165) is 12.8 Å². The Bertz CT molecular complexity index is 382. The molecule has 0 fully saturated rings. The van der Waals surface area contributed by atoms with Crippen LogP contribution < -0.4 is 10.3 Å². The standard InChI is InChI=1S/C12H20NO4P/c1-3-9-15-18(14,16-10-4-2)17-12-7-5-11(13)6-8-12/h5-8H,3-4,9-10,13H2,1-2H3. The zero-order valence-corrected chi connectivity index (χ0v) is 11.7. The van der Waals surface area contributed by atoms with Crippen LogP contribution in [0.1, 0.15) is 26.7 Å². The van der Waals surface area contributed by atoms with Crippen LogP contribution in [0.2, 0.25) is 0 Å². The summed E-state index contributed by atoms with van der Waals surface area (Å²) < 4.78 is 28.0. The molecule has 1 aromatic rings. The van der Waals surface area contributed by atoms with Gasteiger partial charge in [-0.3, -0.25) is 9.05 Å². The maximum absolute atomic E-state index is 12.3. The van der Waals surface area contributed by atoms with E-state index >= 15 is 0 Å². The summed E-state index contributed by atoms with van der Waals surface area (Å²) in [6, 6.07) is 6.60. The van der Waals surface area contributed by atoms with E-state index in [4.69, 9.17) is 19.3 Å². The number of rotatable bonds is 8. The molecular weight excluding hydrogens is 253 g/mol. The molecule has 5 nitrogen and oxygen atoms in total. The monoisotopic (exact) mass is 273 g/mol. The van der Waals surface area contributed by atoms with Crippen molar-refractivity contribution in [2.45, 2.75) is 26.7 Å². The van der Waals surface area contributed by atoms with Gasteiger partial charge in [0.1, 0.15) is 5.75 Å². The first-order valence-corrected chi connectivity index (χ1v) is 7.50. The highest BCUT2D eigenvalue weighted by Crippen LogP contribution is 2.49. The normalized spacial score (nSPS) is 11.4. The van der Waals surface area contributed by atoms with Crippen LogP contribution in [-0.2, 0) is 13.6 Å². The minimum atomic E-state index is -3.53. The highest BCUT2D eigenvalue weighted by molar-refractivity contribution is 7.48.